The van der Waals surface area contributed by atoms with Gasteiger partial charge in [0.15, 0.2) is 5.75 Å². The van der Waals surface area contributed by atoms with E-state index >= 15 is 0 Å². The number of fused-ring (bicyclic) bond motifs is 1. The molecule has 0 radical (unpaired) electrons. The van der Waals surface area contributed by atoms with E-state index in [0.29, 0.717) is 5.52 Å². The fraction of sp³-hybridized carbons (Fsp3) is 0. The van der Waals surface area contributed by atoms with Crippen LogP contribution in [0.1, 0.15) is 0 Å². The van der Waals surface area contributed by atoms with Gasteiger partial charge in [0.25, 0.3) is 0 Å². The number of nitrogens with zero attached hydrogens (tertiary/aromatic N) is 1. The molecule has 5 nitrogen and oxygen atoms in total. The first-order valence-corrected chi connectivity index (χ1v) is 5.59. The molecular formula is C9H8N2O3S. The Morgan fingerprint density at radius 2 is 1.93 bits per heavy atom. The van der Waals surface area contributed by atoms with Gasteiger partial charge in [-0.05, 0) is 12.1 Å². The molecular weight excluding hydrogens is 216 g/mol. The Balaban J connectivity index is 2.61. The van der Waals surface area contributed by atoms with Gasteiger partial charge >= 0.3 is 10.3 Å². The molecule has 6 heteroatoms. The van der Waals surface area contributed by atoms with Crippen molar-refractivity contribution in [1.29, 1.82) is 0 Å². The summed E-state index contributed by atoms with van der Waals surface area (Å²) in [5.74, 6) is 0.135. The Bertz CT molecular complexity index is 590. The second kappa shape index (κ2) is 3.48. The molecule has 2 rings (SSSR count). The molecule has 0 aliphatic rings. The van der Waals surface area contributed by atoms with Crippen LogP contribution in [0.4, 0.5) is 0 Å². The van der Waals surface area contributed by atoms with Crippen LogP contribution < -0.4 is 9.32 Å². The summed E-state index contributed by atoms with van der Waals surface area (Å²) in [4.78, 5) is 4.02. The molecule has 0 atom stereocenters. The number of hydrogen-bond acceptors (Lipinski definition) is 4. The third kappa shape index (κ3) is 2.23. The summed E-state index contributed by atoms with van der Waals surface area (Å²) in [7, 11) is -4.01. The van der Waals surface area contributed by atoms with E-state index in [0.717, 1.165) is 5.39 Å². The zero-order chi connectivity index (χ0) is 10.9. The van der Waals surface area contributed by atoms with Gasteiger partial charge in [-0.25, -0.2) is 0 Å². The molecule has 0 unspecified atom stereocenters. The van der Waals surface area contributed by atoms with Gasteiger partial charge in [-0.3, -0.25) is 4.98 Å². The number of rotatable bonds is 2. The summed E-state index contributed by atoms with van der Waals surface area (Å²) in [5.41, 5.74) is 0.467. The largest absolute Gasteiger partial charge is 0.380 e. The summed E-state index contributed by atoms with van der Waals surface area (Å²) in [6, 6.07) is 8.53. The normalized spacial score (nSPS) is 11.5. The molecule has 0 saturated heterocycles. The van der Waals surface area contributed by atoms with Crippen LogP contribution in [0.5, 0.6) is 5.75 Å². The lowest BCUT2D eigenvalue weighted by molar-refractivity contribution is 0.490. The zero-order valence-corrected chi connectivity index (χ0v) is 8.44. The molecule has 78 valence electrons. The van der Waals surface area contributed by atoms with Crippen molar-refractivity contribution in [3.63, 3.8) is 0 Å². The molecule has 0 fully saturated rings. The number of benzene rings is 1. The van der Waals surface area contributed by atoms with Crippen LogP contribution in [0.2, 0.25) is 0 Å². The molecule has 0 spiro atoms. The van der Waals surface area contributed by atoms with E-state index in [4.69, 9.17) is 5.14 Å². The molecule has 0 aliphatic carbocycles. The van der Waals surface area contributed by atoms with E-state index in [-0.39, 0.29) is 5.75 Å². The lowest BCUT2D eigenvalue weighted by Crippen LogP contribution is -2.19. The highest BCUT2D eigenvalue weighted by molar-refractivity contribution is 7.84. The molecule has 0 saturated carbocycles. The maximum absolute atomic E-state index is 10.8. The van der Waals surface area contributed by atoms with Crippen molar-refractivity contribution < 1.29 is 12.6 Å². The van der Waals surface area contributed by atoms with Crippen LogP contribution in [-0.2, 0) is 10.3 Å². The lowest BCUT2D eigenvalue weighted by Gasteiger charge is -2.04. The predicted octanol–water partition coefficient (Wildman–Crippen LogP) is 0.817. The Hall–Kier alpha value is -1.66. The monoisotopic (exact) mass is 224 g/mol. The molecule has 1 heterocycles. The maximum atomic E-state index is 10.8. The summed E-state index contributed by atoms with van der Waals surface area (Å²) in [6.45, 7) is 0. The average molecular weight is 224 g/mol. The number of aromatic nitrogens is 1. The topological polar surface area (TPSA) is 82.3 Å². The van der Waals surface area contributed by atoms with Crippen LogP contribution >= 0.6 is 0 Å². The fourth-order valence-corrected chi connectivity index (χ4v) is 1.65. The van der Waals surface area contributed by atoms with Crippen molar-refractivity contribution in [2.24, 2.45) is 5.14 Å². The number of hydrogen-bond donors (Lipinski definition) is 1. The first-order valence-electron chi connectivity index (χ1n) is 4.12. The molecule has 1 aromatic carbocycles. The van der Waals surface area contributed by atoms with Crippen molar-refractivity contribution in [3.05, 3.63) is 36.5 Å². The third-order valence-corrected chi connectivity index (χ3v) is 2.21. The number of para-hydroxylation sites is 1. The van der Waals surface area contributed by atoms with Gasteiger partial charge in [-0.2, -0.15) is 13.6 Å². The van der Waals surface area contributed by atoms with E-state index in [1.807, 2.05) is 0 Å². The van der Waals surface area contributed by atoms with Crippen LogP contribution in [0.25, 0.3) is 10.9 Å². The molecule has 0 aliphatic heterocycles. The van der Waals surface area contributed by atoms with Gasteiger partial charge in [-0.15, -0.1) is 0 Å². The molecule has 2 N–H and O–H groups in total. The molecule has 15 heavy (non-hydrogen) atoms. The quantitative estimate of drug-likeness (QED) is 0.818. The van der Waals surface area contributed by atoms with Gasteiger partial charge in [0, 0.05) is 11.6 Å². The minimum absolute atomic E-state index is 0.135. The first-order chi connectivity index (χ1) is 7.06. The smallest absolute Gasteiger partial charge is 0.369 e. The second-order valence-electron chi connectivity index (χ2n) is 2.91. The zero-order valence-electron chi connectivity index (χ0n) is 7.62. The highest BCUT2D eigenvalue weighted by Crippen LogP contribution is 2.23. The molecule has 1 aromatic heterocycles. The highest BCUT2D eigenvalue weighted by atomic mass is 32.2. The van der Waals surface area contributed by atoms with Gasteiger partial charge in [-0.1, -0.05) is 18.2 Å². The number of nitrogens with two attached hydrogens (primary N) is 1. The third-order valence-electron chi connectivity index (χ3n) is 1.80. The summed E-state index contributed by atoms with van der Waals surface area (Å²) in [6.07, 6.45) is 1.55. The molecule has 2 aromatic rings. The van der Waals surface area contributed by atoms with Gasteiger partial charge in [0.05, 0.1) is 0 Å². The number of pyridine rings is 1. The van der Waals surface area contributed by atoms with Crippen LogP contribution in [0.15, 0.2) is 36.5 Å². The SMILES string of the molecule is NS(=O)(=O)Oc1cccc2cccnc12. The Labute approximate surface area is 86.8 Å². The van der Waals surface area contributed by atoms with Gasteiger partial charge < -0.3 is 4.18 Å². The summed E-state index contributed by atoms with van der Waals surface area (Å²) >= 11 is 0. The van der Waals surface area contributed by atoms with Crippen molar-refractivity contribution in [1.82, 2.24) is 4.98 Å². The van der Waals surface area contributed by atoms with Gasteiger partial charge in [0.1, 0.15) is 5.52 Å². The van der Waals surface area contributed by atoms with Gasteiger partial charge in [0.2, 0.25) is 0 Å². The Kier molecular flexibility index (Phi) is 2.29. The second-order valence-corrected chi connectivity index (χ2v) is 4.06. The lowest BCUT2D eigenvalue weighted by atomic mass is 10.2. The minimum Gasteiger partial charge on any atom is -0.369 e. The Morgan fingerprint density at radius 1 is 1.20 bits per heavy atom. The summed E-state index contributed by atoms with van der Waals surface area (Å²) < 4.78 is 26.1. The fourth-order valence-electron chi connectivity index (χ4n) is 1.27. The average Bonchev–Trinajstić information content (AvgIpc) is 2.16. The van der Waals surface area contributed by atoms with Crippen LogP contribution in [0, 0.1) is 0 Å². The van der Waals surface area contributed by atoms with Crippen molar-refractivity contribution in [2.45, 2.75) is 0 Å². The van der Waals surface area contributed by atoms with E-state index in [1.165, 1.54) is 6.07 Å². The first kappa shape index (κ1) is 9.88. The highest BCUT2D eigenvalue weighted by Gasteiger charge is 2.08. The van der Waals surface area contributed by atoms with E-state index < -0.39 is 10.3 Å². The molecule has 0 amide bonds. The van der Waals surface area contributed by atoms with E-state index in [2.05, 4.69) is 9.17 Å². The molecule has 0 bridgehead atoms. The van der Waals surface area contributed by atoms with Crippen molar-refractivity contribution >= 4 is 21.2 Å². The van der Waals surface area contributed by atoms with Crippen molar-refractivity contribution in [3.8, 4) is 5.75 Å². The van der Waals surface area contributed by atoms with Crippen molar-refractivity contribution in [2.75, 3.05) is 0 Å². The van der Waals surface area contributed by atoms with E-state index in [9.17, 15) is 8.42 Å². The predicted molar refractivity (Wildman–Crippen MR) is 55.5 cm³/mol. The van der Waals surface area contributed by atoms with Crippen LogP contribution in [-0.4, -0.2) is 13.4 Å². The minimum atomic E-state index is -4.01. The van der Waals surface area contributed by atoms with E-state index in [1.54, 1.807) is 30.5 Å². The van der Waals surface area contributed by atoms with Crippen LogP contribution in [0.3, 0.4) is 0 Å². The maximum Gasteiger partial charge on any atom is 0.380 e. The summed E-state index contributed by atoms with van der Waals surface area (Å²) in [5, 5.41) is 5.57. The Morgan fingerprint density at radius 3 is 2.67 bits per heavy atom. The standard InChI is InChI=1S/C9H8N2O3S/c10-15(12,13)14-8-5-1-3-7-4-2-6-11-9(7)8/h1-6H,(H2,10,12,13).